The lowest BCUT2D eigenvalue weighted by atomic mass is 10.1. The van der Waals surface area contributed by atoms with Crippen LogP contribution in [-0.2, 0) is 19.2 Å². The summed E-state index contributed by atoms with van der Waals surface area (Å²) in [6, 6.07) is 18.8. The maximum Gasteiger partial charge on any atom is 0.527 e. The Balaban J connectivity index is 1.52. The molecule has 3 aromatic rings. The van der Waals surface area contributed by atoms with Crippen LogP contribution in [0.4, 0.5) is 16.3 Å². The van der Waals surface area contributed by atoms with Gasteiger partial charge in [0.2, 0.25) is 5.91 Å². The monoisotopic (exact) mass is 576 g/mol. The number of piperazine rings is 1. The summed E-state index contributed by atoms with van der Waals surface area (Å²) in [5.41, 5.74) is 1.44. The van der Waals surface area contributed by atoms with Gasteiger partial charge in [0.05, 0.1) is 19.7 Å². The Labute approximate surface area is 242 Å². The molecule has 1 aliphatic rings. The molecule has 4 rings (SSSR count). The number of carbonyl (C=O) groups excluding carboxylic acids is 3. The van der Waals surface area contributed by atoms with Crippen molar-refractivity contribution >= 4 is 35.4 Å². The van der Waals surface area contributed by atoms with Crippen molar-refractivity contribution in [1.82, 2.24) is 25.2 Å². The molecule has 220 valence electrons. The maximum absolute atomic E-state index is 13.5. The third-order valence-electron chi connectivity index (χ3n) is 6.30. The summed E-state index contributed by atoms with van der Waals surface area (Å²) in [6.45, 7) is 2.69. The topological polar surface area (TPSA) is 163 Å². The largest absolute Gasteiger partial charge is 0.527 e. The van der Waals surface area contributed by atoms with Crippen LogP contribution in [0, 0.1) is 0 Å². The molecule has 13 heteroatoms. The fourth-order valence-electron chi connectivity index (χ4n) is 4.24. The van der Waals surface area contributed by atoms with Crippen molar-refractivity contribution in [1.29, 1.82) is 0 Å². The molecule has 1 atom stereocenters. The maximum atomic E-state index is 13.5. The summed E-state index contributed by atoms with van der Waals surface area (Å²) >= 11 is 0. The summed E-state index contributed by atoms with van der Waals surface area (Å²) in [7, 11) is 0. The van der Waals surface area contributed by atoms with Crippen molar-refractivity contribution in [3.63, 3.8) is 0 Å². The molecule has 0 bridgehead atoms. The van der Waals surface area contributed by atoms with Crippen LogP contribution in [0.2, 0.25) is 0 Å². The van der Waals surface area contributed by atoms with Gasteiger partial charge in [0.1, 0.15) is 17.6 Å². The van der Waals surface area contributed by atoms with Crippen molar-refractivity contribution < 1.29 is 33.9 Å². The van der Waals surface area contributed by atoms with E-state index >= 15 is 0 Å². The Bertz CT molecular complexity index is 1380. The van der Waals surface area contributed by atoms with Crippen LogP contribution < -0.4 is 10.6 Å². The second kappa shape index (κ2) is 14.6. The highest BCUT2D eigenvalue weighted by Gasteiger charge is 2.31. The predicted octanol–water partition coefficient (Wildman–Crippen LogP) is 3.08. The molecular formula is C29H32N6O7. The number of para-hydroxylation sites is 1. The summed E-state index contributed by atoms with van der Waals surface area (Å²) in [5, 5.41) is 16.5. The van der Waals surface area contributed by atoms with Crippen molar-refractivity contribution in [2.45, 2.75) is 25.8 Å². The van der Waals surface area contributed by atoms with Crippen LogP contribution in [0.5, 0.6) is 0 Å². The molecule has 2 amide bonds. The second-order valence-electron chi connectivity index (χ2n) is 9.31. The quantitative estimate of drug-likeness (QED) is 0.287. The molecule has 1 fully saturated rings. The normalized spacial score (nSPS) is 14.0. The van der Waals surface area contributed by atoms with Gasteiger partial charge in [-0.3, -0.25) is 14.4 Å². The summed E-state index contributed by atoms with van der Waals surface area (Å²) in [5.74, 6) is -1.53. The van der Waals surface area contributed by atoms with Crippen molar-refractivity contribution in [3.05, 3.63) is 72.4 Å². The van der Waals surface area contributed by atoms with Crippen LogP contribution in [0.1, 0.15) is 30.3 Å². The lowest BCUT2D eigenvalue weighted by Crippen LogP contribution is -2.55. The van der Waals surface area contributed by atoms with Gasteiger partial charge in [0.15, 0.2) is 5.82 Å². The Hall–Kier alpha value is -5.04. The molecule has 0 aliphatic carbocycles. The number of nitrogens with one attached hydrogen (secondary N) is 2. The number of amides is 2. The van der Waals surface area contributed by atoms with Crippen LogP contribution >= 0.6 is 0 Å². The number of hydrogen-bond acceptors (Lipinski definition) is 10. The average Bonchev–Trinajstić information content (AvgIpc) is 3.00. The van der Waals surface area contributed by atoms with Gasteiger partial charge in [0, 0.05) is 36.8 Å². The zero-order valence-corrected chi connectivity index (χ0v) is 23.1. The minimum absolute atomic E-state index is 0.00284. The molecule has 0 spiro atoms. The Morgan fingerprint density at radius 2 is 1.62 bits per heavy atom. The molecule has 2 heterocycles. The fraction of sp³-hybridized carbons (Fsp3) is 0.310. The summed E-state index contributed by atoms with van der Waals surface area (Å²) < 4.78 is 4.77. The van der Waals surface area contributed by atoms with Crippen molar-refractivity contribution in [2.75, 3.05) is 38.1 Å². The number of ether oxygens (including phenoxy) is 1. The molecule has 1 aliphatic heterocycles. The van der Waals surface area contributed by atoms with Crippen molar-refractivity contribution in [3.8, 4) is 11.4 Å². The number of nitrogens with zero attached hydrogens (tertiary/aromatic N) is 4. The molecule has 0 saturated carbocycles. The van der Waals surface area contributed by atoms with Gasteiger partial charge in [-0.25, -0.2) is 14.8 Å². The number of carboxylic acid groups (broad SMARTS) is 1. The molecule has 2 aromatic carbocycles. The highest BCUT2D eigenvalue weighted by atomic mass is 16.8. The Morgan fingerprint density at radius 3 is 2.26 bits per heavy atom. The molecule has 3 N–H and O–H groups in total. The van der Waals surface area contributed by atoms with E-state index in [1.165, 1.54) is 16.0 Å². The van der Waals surface area contributed by atoms with Crippen LogP contribution in [0.25, 0.3) is 11.4 Å². The fourth-order valence-corrected chi connectivity index (χ4v) is 4.24. The Morgan fingerprint density at radius 1 is 0.952 bits per heavy atom. The zero-order valence-electron chi connectivity index (χ0n) is 23.1. The molecule has 42 heavy (non-hydrogen) atoms. The van der Waals surface area contributed by atoms with E-state index in [-0.39, 0.29) is 51.3 Å². The van der Waals surface area contributed by atoms with Gasteiger partial charge >= 0.3 is 12.1 Å². The highest BCUT2D eigenvalue weighted by Crippen LogP contribution is 2.21. The smallest absolute Gasteiger partial charge is 0.481 e. The standard InChI is InChI=1S/C29H32N6O7/c1-2-41-29(40)42-35-17-15-34(16-18-35)28(39)22(13-14-25(36)37)32-27(38)23-19-24(30-21-11-7-4-8-12-21)33-26(31-23)20-9-5-3-6-10-20/h3-12,19,22H,2,13-18H2,1H3,(H,32,38)(H,36,37)(H,30,31,33)/t22-/m0/s1. The van der Waals surface area contributed by atoms with E-state index in [0.717, 1.165) is 5.69 Å². The molecule has 0 radical (unpaired) electrons. The number of aliphatic carboxylic acids is 1. The van der Waals surface area contributed by atoms with Gasteiger partial charge in [-0.15, -0.1) is 5.06 Å². The van der Waals surface area contributed by atoms with Gasteiger partial charge in [-0.2, -0.15) is 0 Å². The minimum atomic E-state index is -1.12. The summed E-state index contributed by atoms with van der Waals surface area (Å²) in [6.07, 6.45) is -1.28. The van der Waals surface area contributed by atoms with Crippen molar-refractivity contribution in [2.24, 2.45) is 0 Å². The SMILES string of the molecule is CCOC(=O)ON1CCN(C(=O)[C@H](CCC(=O)O)NC(=O)c2cc(Nc3ccccc3)nc(-c3ccccc3)n2)CC1. The first-order valence-corrected chi connectivity index (χ1v) is 13.5. The van der Waals surface area contributed by atoms with Crippen LogP contribution in [0.3, 0.4) is 0 Å². The first-order valence-electron chi connectivity index (χ1n) is 13.5. The number of carboxylic acids is 1. The van der Waals surface area contributed by atoms with Gasteiger partial charge < -0.3 is 30.2 Å². The number of hydroxylamine groups is 2. The predicted molar refractivity (Wildman–Crippen MR) is 152 cm³/mol. The van der Waals surface area contributed by atoms with Crippen LogP contribution in [-0.4, -0.2) is 87.8 Å². The van der Waals surface area contributed by atoms with E-state index in [1.807, 2.05) is 60.7 Å². The first-order chi connectivity index (χ1) is 20.3. The average molecular weight is 577 g/mol. The number of carbonyl (C=O) groups is 4. The highest BCUT2D eigenvalue weighted by molar-refractivity contribution is 5.97. The van der Waals surface area contributed by atoms with E-state index in [4.69, 9.17) is 9.57 Å². The molecule has 13 nitrogen and oxygen atoms in total. The number of aromatic nitrogens is 2. The van der Waals surface area contributed by atoms with Gasteiger partial charge in [-0.05, 0) is 25.5 Å². The molecule has 0 unspecified atom stereocenters. The summed E-state index contributed by atoms with van der Waals surface area (Å²) in [4.78, 5) is 65.4. The minimum Gasteiger partial charge on any atom is -0.481 e. The van der Waals surface area contributed by atoms with E-state index in [2.05, 4.69) is 20.6 Å². The number of anilines is 2. The molecular weight excluding hydrogens is 544 g/mol. The van der Waals surface area contributed by atoms with E-state index in [9.17, 15) is 24.3 Å². The second-order valence-corrected chi connectivity index (χ2v) is 9.31. The van der Waals surface area contributed by atoms with E-state index in [0.29, 0.717) is 17.2 Å². The van der Waals surface area contributed by atoms with E-state index < -0.39 is 30.0 Å². The number of rotatable bonds is 11. The zero-order chi connectivity index (χ0) is 29.9. The molecule has 1 aromatic heterocycles. The first kappa shape index (κ1) is 29.9. The Kier molecular flexibility index (Phi) is 10.4. The molecule has 1 saturated heterocycles. The third kappa shape index (κ3) is 8.48. The third-order valence-corrected chi connectivity index (χ3v) is 6.30. The number of benzene rings is 2. The van der Waals surface area contributed by atoms with Gasteiger partial charge in [0.25, 0.3) is 5.91 Å². The lowest BCUT2D eigenvalue weighted by Gasteiger charge is -2.35. The number of hydrogen-bond donors (Lipinski definition) is 3. The van der Waals surface area contributed by atoms with Crippen LogP contribution in [0.15, 0.2) is 66.7 Å². The lowest BCUT2D eigenvalue weighted by molar-refractivity contribution is -0.157. The van der Waals surface area contributed by atoms with Gasteiger partial charge in [-0.1, -0.05) is 48.5 Å². The van der Waals surface area contributed by atoms with E-state index in [1.54, 1.807) is 6.92 Å².